The van der Waals surface area contributed by atoms with E-state index < -0.39 is 0 Å². The molecule has 0 saturated carbocycles. The molecule has 0 saturated heterocycles. The van der Waals surface area contributed by atoms with Gasteiger partial charge in [-0.2, -0.15) is 0 Å². The number of nitrogens with one attached hydrogen (secondary N) is 1. The zero-order chi connectivity index (χ0) is 13.9. The molecule has 98 valence electrons. The van der Waals surface area contributed by atoms with Gasteiger partial charge in [-0.15, -0.1) is 0 Å². The summed E-state index contributed by atoms with van der Waals surface area (Å²) in [6.07, 6.45) is 2.17. The van der Waals surface area contributed by atoms with E-state index in [1.165, 1.54) is 12.3 Å². The van der Waals surface area contributed by atoms with Crippen molar-refractivity contribution in [3.63, 3.8) is 0 Å². The van der Waals surface area contributed by atoms with Crippen molar-refractivity contribution in [2.75, 3.05) is 0 Å². The fraction of sp³-hybridized carbons (Fsp3) is 0. The monoisotopic (exact) mass is 283 g/mol. The largest absolute Gasteiger partial charge is 0.301 e. The van der Waals surface area contributed by atoms with Crippen LogP contribution in [-0.2, 0) is 0 Å². The highest BCUT2D eigenvalue weighted by molar-refractivity contribution is 7.99. The first kappa shape index (κ1) is 12.6. The number of para-hydroxylation sites is 1. The number of H-pyrrole nitrogens is 1. The molecule has 0 aliphatic heterocycles. The number of rotatable bonds is 3. The topological polar surface area (TPSA) is 75.7 Å². The zero-order valence-corrected chi connectivity index (χ0v) is 11.1. The summed E-state index contributed by atoms with van der Waals surface area (Å²) in [7, 11) is 0. The number of carbonyl (C=O) groups is 1. The lowest BCUT2D eigenvalue weighted by Crippen LogP contribution is -2.05. The smallest absolute Gasteiger partial charge is 0.251 e. The Bertz CT molecular complexity index is 845. The number of hydrogen-bond acceptors (Lipinski definition) is 5. The second-order valence-electron chi connectivity index (χ2n) is 4.03. The van der Waals surface area contributed by atoms with Gasteiger partial charge >= 0.3 is 0 Å². The standard InChI is InChI=1S/C14H9N3O2S/c18-8-10-7-9-3-1-2-4-11(9)16-13(10)20-14-15-6-5-12(19)17-14/h1-8H,(H,15,17,19). The molecular formula is C14H9N3O2S. The maximum atomic E-state index is 11.2. The summed E-state index contributed by atoms with van der Waals surface area (Å²) >= 11 is 1.16. The first-order valence-corrected chi connectivity index (χ1v) is 6.66. The molecule has 0 bridgehead atoms. The van der Waals surface area contributed by atoms with E-state index in [1.807, 2.05) is 24.3 Å². The van der Waals surface area contributed by atoms with Crippen LogP contribution in [0.1, 0.15) is 10.4 Å². The summed E-state index contributed by atoms with van der Waals surface area (Å²) in [5, 5.41) is 1.82. The first-order chi connectivity index (χ1) is 9.76. The highest BCUT2D eigenvalue weighted by Gasteiger charge is 2.09. The SMILES string of the molecule is O=Cc1cc2ccccc2nc1Sc1nccc(=O)[nH]1. The van der Waals surface area contributed by atoms with Crippen LogP contribution in [0.3, 0.4) is 0 Å². The Kier molecular flexibility index (Phi) is 3.30. The van der Waals surface area contributed by atoms with Gasteiger partial charge in [0.1, 0.15) is 5.03 Å². The summed E-state index contributed by atoms with van der Waals surface area (Å²) in [6.45, 7) is 0. The number of fused-ring (bicyclic) bond motifs is 1. The molecule has 5 nitrogen and oxygen atoms in total. The van der Waals surface area contributed by atoms with Crippen LogP contribution in [0.4, 0.5) is 0 Å². The van der Waals surface area contributed by atoms with Crippen LogP contribution in [0.2, 0.25) is 0 Å². The minimum absolute atomic E-state index is 0.240. The molecule has 0 unspecified atom stereocenters. The van der Waals surface area contributed by atoms with Gasteiger partial charge in [0.2, 0.25) is 0 Å². The van der Waals surface area contributed by atoms with E-state index in [2.05, 4.69) is 15.0 Å². The van der Waals surface area contributed by atoms with E-state index in [4.69, 9.17) is 0 Å². The molecule has 2 aromatic heterocycles. The van der Waals surface area contributed by atoms with E-state index in [0.29, 0.717) is 15.7 Å². The van der Waals surface area contributed by atoms with Gasteiger partial charge in [-0.05, 0) is 23.9 Å². The van der Waals surface area contributed by atoms with Crippen molar-refractivity contribution in [3.8, 4) is 0 Å². The van der Waals surface area contributed by atoms with Gasteiger partial charge in [0, 0.05) is 23.2 Å². The lowest BCUT2D eigenvalue weighted by Gasteiger charge is -2.05. The van der Waals surface area contributed by atoms with Crippen molar-refractivity contribution in [2.24, 2.45) is 0 Å². The summed E-state index contributed by atoms with van der Waals surface area (Å²) in [5.41, 5.74) is 1.02. The van der Waals surface area contributed by atoms with Gasteiger partial charge in [-0.3, -0.25) is 9.59 Å². The van der Waals surface area contributed by atoms with Gasteiger partial charge in [-0.25, -0.2) is 9.97 Å². The third-order valence-corrected chi connectivity index (χ3v) is 3.61. The molecule has 0 aliphatic rings. The minimum Gasteiger partial charge on any atom is -0.301 e. The maximum absolute atomic E-state index is 11.2. The molecule has 2 heterocycles. The van der Waals surface area contributed by atoms with Gasteiger partial charge in [0.05, 0.1) is 5.52 Å². The molecule has 0 atom stereocenters. The molecule has 1 aromatic carbocycles. The van der Waals surface area contributed by atoms with Crippen LogP contribution in [0.25, 0.3) is 10.9 Å². The molecule has 0 radical (unpaired) electrons. The Hall–Kier alpha value is -2.47. The number of carbonyl (C=O) groups excluding carboxylic acids is 1. The number of aromatic amines is 1. The Labute approximate surface area is 118 Å². The van der Waals surface area contributed by atoms with Crippen molar-refractivity contribution < 1.29 is 4.79 Å². The molecule has 1 N–H and O–H groups in total. The van der Waals surface area contributed by atoms with E-state index in [1.54, 1.807) is 6.07 Å². The Morgan fingerprint density at radius 2 is 2.05 bits per heavy atom. The molecule has 3 aromatic rings. The molecule has 0 amide bonds. The highest BCUT2D eigenvalue weighted by atomic mass is 32.2. The molecule has 0 spiro atoms. The molecular weight excluding hydrogens is 274 g/mol. The molecule has 0 fully saturated rings. The second-order valence-corrected chi connectivity index (χ2v) is 5.01. The minimum atomic E-state index is -0.240. The predicted octanol–water partition coefficient (Wildman–Crippen LogP) is 2.28. The average Bonchev–Trinajstić information content (AvgIpc) is 2.46. The summed E-state index contributed by atoms with van der Waals surface area (Å²) in [6, 6.07) is 10.6. The summed E-state index contributed by atoms with van der Waals surface area (Å²) in [4.78, 5) is 33.5. The second kappa shape index (κ2) is 5.26. The third-order valence-electron chi connectivity index (χ3n) is 2.68. The van der Waals surface area contributed by atoms with Gasteiger partial charge in [0.15, 0.2) is 11.4 Å². The fourth-order valence-corrected chi connectivity index (χ4v) is 2.59. The van der Waals surface area contributed by atoms with Gasteiger partial charge in [0.25, 0.3) is 5.56 Å². The van der Waals surface area contributed by atoms with Crippen LogP contribution in [0.5, 0.6) is 0 Å². The summed E-state index contributed by atoms with van der Waals surface area (Å²) < 4.78 is 0. The van der Waals surface area contributed by atoms with E-state index >= 15 is 0 Å². The van der Waals surface area contributed by atoms with E-state index in [-0.39, 0.29) is 5.56 Å². The molecule has 20 heavy (non-hydrogen) atoms. The van der Waals surface area contributed by atoms with E-state index in [9.17, 15) is 9.59 Å². The van der Waals surface area contributed by atoms with Crippen LogP contribution in [0.15, 0.2) is 57.6 Å². The average molecular weight is 283 g/mol. The van der Waals surface area contributed by atoms with Crippen molar-refractivity contribution >= 4 is 29.0 Å². The molecule has 3 rings (SSSR count). The Balaban J connectivity index is 2.10. The Morgan fingerprint density at radius 3 is 2.85 bits per heavy atom. The number of aldehydes is 1. The van der Waals surface area contributed by atoms with Crippen molar-refractivity contribution in [2.45, 2.75) is 10.2 Å². The van der Waals surface area contributed by atoms with Gasteiger partial charge in [-0.1, -0.05) is 18.2 Å². The third kappa shape index (κ3) is 2.46. The van der Waals surface area contributed by atoms with Crippen molar-refractivity contribution in [1.29, 1.82) is 0 Å². The van der Waals surface area contributed by atoms with Crippen molar-refractivity contribution in [1.82, 2.24) is 15.0 Å². The summed E-state index contributed by atoms with van der Waals surface area (Å²) in [5.74, 6) is 0. The van der Waals surface area contributed by atoms with Gasteiger partial charge < -0.3 is 4.98 Å². The number of benzene rings is 1. The first-order valence-electron chi connectivity index (χ1n) is 5.84. The maximum Gasteiger partial charge on any atom is 0.251 e. The lowest BCUT2D eigenvalue weighted by atomic mass is 10.2. The number of aromatic nitrogens is 3. The van der Waals surface area contributed by atoms with Crippen molar-refractivity contribution in [3.05, 3.63) is 58.5 Å². The normalized spacial score (nSPS) is 10.6. The highest BCUT2D eigenvalue weighted by Crippen LogP contribution is 2.27. The Morgan fingerprint density at radius 1 is 1.20 bits per heavy atom. The predicted molar refractivity (Wildman–Crippen MR) is 76.1 cm³/mol. The zero-order valence-electron chi connectivity index (χ0n) is 10.2. The molecule has 0 aliphatic carbocycles. The van der Waals surface area contributed by atoms with Crippen LogP contribution >= 0.6 is 11.8 Å². The lowest BCUT2D eigenvalue weighted by molar-refractivity contribution is 0.112. The molecule has 6 heteroatoms. The van der Waals surface area contributed by atoms with Crippen LogP contribution in [-0.4, -0.2) is 21.2 Å². The fourth-order valence-electron chi connectivity index (χ4n) is 1.78. The van der Waals surface area contributed by atoms with E-state index in [0.717, 1.165) is 29.0 Å². The van der Waals surface area contributed by atoms with Crippen LogP contribution in [0, 0.1) is 0 Å². The number of hydrogen-bond donors (Lipinski definition) is 1. The number of nitrogens with zero attached hydrogens (tertiary/aromatic N) is 2. The number of pyridine rings is 1. The quantitative estimate of drug-likeness (QED) is 0.589. The van der Waals surface area contributed by atoms with Crippen LogP contribution < -0.4 is 5.56 Å².